The molecule has 3 rings (SSSR count). The fourth-order valence-corrected chi connectivity index (χ4v) is 2.78. The van der Waals surface area contributed by atoms with Crippen molar-refractivity contribution in [2.24, 2.45) is 0 Å². The minimum Gasteiger partial charge on any atom is -0.508 e. The number of fused-ring (bicyclic) bond motifs is 1. The van der Waals surface area contributed by atoms with Crippen LogP contribution in [0.3, 0.4) is 0 Å². The molecule has 6 nitrogen and oxygen atoms in total. The fourth-order valence-electron chi connectivity index (χ4n) is 2.78. The maximum absolute atomic E-state index is 12.2. The van der Waals surface area contributed by atoms with Crippen molar-refractivity contribution in [3.05, 3.63) is 70.1 Å². The molecular formula is C20H20N2O4. The van der Waals surface area contributed by atoms with Crippen LogP contribution in [0.2, 0.25) is 0 Å². The molecule has 0 radical (unpaired) electrons. The molecule has 0 spiro atoms. The van der Waals surface area contributed by atoms with Gasteiger partial charge in [0.25, 0.3) is 0 Å². The molecule has 1 aromatic heterocycles. The van der Waals surface area contributed by atoms with E-state index in [0.29, 0.717) is 12.1 Å². The van der Waals surface area contributed by atoms with E-state index in [-0.39, 0.29) is 18.2 Å². The molecule has 0 unspecified atom stereocenters. The summed E-state index contributed by atoms with van der Waals surface area (Å²) in [7, 11) is 1.80. The first kappa shape index (κ1) is 17.7. The van der Waals surface area contributed by atoms with Crippen molar-refractivity contribution < 1.29 is 14.3 Å². The van der Waals surface area contributed by atoms with Crippen LogP contribution in [0.5, 0.6) is 5.75 Å². The van der Waals surface area contributed by atoms with Crippen molar-refractivity contribution in [2.75, 3.05) is 18.9 Å². The summed E-state index contributed by atoms with van der Waals surface area (Å²) in [5, 5.41) is 13.1. The van der Waals surface area contributed by atoms with Crippen LogP contribution in [-0.2, 0) is 11.3 Å². The van der Waals surface area contributed by atoms with Gasteiger partial charge in [-0.05, 0) is 43.8 Å². The van der Waals surface area contributed by atoms with Crippen LogP contribution in [0.25, 0.3) is 11.0 Å². The first-order valence-corrected chi connectivity index (χ1v) is 8.21. The third-order valence-electron chi connectivity index (χ3n) is 4.00. The molecule has 0 aliphatic rings. The van der Waals surface area contributed by atoms with Crippen molar-refractivity contribution in [3.63, 3.8) is 0 Å². The Balaban J connectivity index is 1.70. The molecule has 26 heavy (non-hydrogen) atoms. The second kappa shape index (κ2) is 7.41. The van der Waals surface area contributed by atoms with Gasteiger partial charge in [-0.15, -0.1) is 0 Å². The van der Waals surface area contributed by atoms with Crippen LogP contribution >= 0.6 is 0 Å². The number of nitrogens with zero attached hydrogens (tertiary/aromatic N) is 1. The lowest BCUT2D eigenvalue weighted by molar-refractivity contribution is -0.117. The zero-order valence-corrected chi connectivity index (χ0v) is 14.7. The summed E-state index contributed by atoms with van der Waals surface area (Å²) in [4.78, 5) is 25.8. The number of rotatable bonds is 5. The molecule has 0 fully saturated rings. The normalized spacial score (nSPS) is 11.0. The van der Waals surface area contributed by atoms with Gasteiger partial charge >= 0.3 is 5.63 Å². The highest BCUT2D eigenvalue weighted by Crippen LogP contribution is 2.22. The van der Waals surface area contributed by atoms with Gasteiger partial charge in [-0.3, -0.25) is 9.69 Å². The number of carbonyl (C=O) groups is 1. The molecule has 0 saturated carbocycles. The average Bonchev–Trinajstić information content (AvgIpc) is 2.56. The Morgan fingerprint density at radius 2 is 1.88 bits per heavy atom. The van der Waals surface area contributed by atoms with Gasteiger partial charge < -0.3 is 14.8 Å². The van der Waals surface area contributed by atoms with Crippen LogP contribution in [0, 0.1) is 6.92 Å². The van der Waals surface area contributed by atoms with Gasteiger partial charge in [-0.1, -0.05) is 17.7 Å². The van der Waals surface area contributed by atoms with Crippen LogP contribution < -0.4 is 10.9 Å². The smallest absolute Gasteiger partial charge is 0.336 e. The molecule has 0 atom stereocenters. The topological polar surface area (TPSA) is 82.8 Å². The maximum Gasteiger partial charge on any atom is 0.336 e. The Bertz CT molecular complexity index is 993. The monoisotopic (exact) mass is 352 g/mol. The first-order chi connectivity index (χ1) is 12.4. The van der Waals surface area contributed by atoms with Gasteiger partial charge in [0, 0.05) is 29.8 Å². The number of aromatic hydroxyl groups is 1. The zero-order valence-electron chi connectivity index (χ0n) is 14.7. The van der Waals surface area contributed by atoms with Gasteiger partial charge in [-0.25, -0.2) is 4.79 Å². The Morgan fingerprint density at radius 1 is 1.15 bits per heavy atom. The summed E-state index contributed by atoms with van der Waals surface area (Å²) in [6, 6.07) is 13.6. The predicted molar refractivity (Wildman–Crippen MR) is 100 cm³/mol. The molecule has 3 aromatic rings. The third kappa shape index (κ3) is 4.29. The quantitative estimate of drug-likeness (QED) is 0.690. The van der Waals surface area contributed by atoms with E-state index in [1.54, 1.807) is 13.1 Å². The Labute approximate surface area is 150 Å². The molecule has 6 heteroatoms. The largest absolute Gasteiger partial charge is 0.508 e. The van der Waals surface area contributed by atoms with E-state index in [2.05, 4.69) is 5.32 Å². The van der Waals surface area contributed by atoms with Crippen molar-refractivity contribution in [3.8, 4) is 5.75 Å². The summed E-state index contributed by atoms with van der Waals surface area (Å²) < 4.78 is 5.12. The van der Waals surface area contributed by atoms with Gasteiger partial charge in [-0.2, -0.15) is 0 Å². The molecule has 1 heterocycles. The molecule has 134 valence electrons. The Morgan fingerprint density at radius 3 is 2.62 bits per heavy atom. The molecule has 0 saturated heterocycles. The second-order valence-electron chi connectivity index (χ2n) is 6.36. The Hall–Kier alpha value is -3.12. The molecule has 0 bridgehead atoms. The molecule has 2 N–H and O–H groups in total. The highest BCUT2D eigenvalue weighted by molar-refractivity contribution is 5.92. The summed E-state index contributed by atoms with van der Waals surface area (Å²) in [6.45, 7) is 2.56. The van der Waals surface area contributed by atoms with Crippen molar-refractivity contribution in [2.45, 2.75) is 13.5 Å². The van der Waals surface area contributed by atoms with Crippen LogP contribution in [0.1, 0.15) is 11.1 Å². The summed E-state index contributed by atoms with van der Waals surface area (Å²) in [5.41, 5.74) is 2.44. The van der Waals surface area contributed by atoms with E-state index < -0.39 is 5.63 Å². The third-order valence-corrected chi connectivity index (χ3v) is 4.00. The SMILES string of the molecule is Cc1ccc(NC(=O)CN(C)Cc2cc(=O)oc3cc(O)ccc23)cc1. The fraction of sp³-hybridized carbons (Fsp3) is 0.200. The Kier molecular flexibility index (Phi) is 5.04. The molecule has 0 aliphatic carbocycles. The zero-order chi connectivity index (χ0) is 18.7. The number of hydrogen-bond donors (Lipinski definition) is 2. The molecule has 1 amide bonds. The lowest BCUT2D eigenvalue weighted by atomic mass is 10.1. The molecule has 0 aliphatic heterocycles. The van der Waals surface area contributed by atoms with Crippen LogP contribution in [0.4, 0.5) is 5.69 Å². The van der Waals surface area contributed by atoms with Crippen molar-refractivity contribution in [1.82, 2.24) is 4.90 Å². The number of amides is 1. The minimum absolute atomic E-state index is 0.0311. The van der Waals surface area contributed by atoms with Gasteiger partial charge in [0.1, 0.15) is 11.3 Å². The number of hydrogen-bond acceptors (Lipinski definition) is 5. The van der Waals surface area contributed by atoms with E-state index in [0.717, 1.165) is 22.2 Å². The number of anilines is 1. The lowest BCUT2D eigenvalue weighted by Gasteiger charge is -2.17. The summed E-state index contributed by atoms with van der Waals surface area (Å²) >= 11 is 0. The predicted octanol–water partition coefficient (Wildman–Crippen LogP) is 2.88. The van der Waals surface area contributed by atoms with Gasteiger partial charge in [0.05, 0.1) is 6.54 Å². The average molecular weight is 352 g/mol. The number of benzene rings is 2. The van der Waals surface area contributed by atoms with Gasteiger partial charge in [0.15, 0.2) is 0 Å². The summed E-state index contributed by atoms with van der Waals surface area (Å²) in [5.74, 6) is -0.107. The van der Waals surface area contributed by atoms with Crippen molar-refractivity contribution in [1.29, 1.82) is 0 Å². The molecular weight excluding hydrogens is 332 g/mol. The standard InChI is InChI=1S/C20H20N2O4/c1-13-3-5-15(6-4-13)21-19(24)12-22(2)11-14-9-20(25)26-18-10-16(23)7-8-17(14)18/h3-10,23H,11-12H2,1-2H3,(H,21,24). The van der Waals surface area contributed by atoms with E-state index in [4.69, 9.17) is 4.42 Å². The number of aryl methyl sites for hydroxylation is 1. The van der Waals surface area contributed by atoms with E-state index in [9.17, 15) is 14.7 Å². The van der Waals surface area contributed by atoms with E-state index in [1.807, 2.05) is 36.1 Å². The van der Waals surface area contributed by atoms with Gasteiger partial charge in [0.2, 0.25) is 5.91 Å². The highest BCUT2D eigenvalue weighted by Gasteiger charge is 2.12. The highest BCUT2D eigenvalue weighted by atomic mass is 16.4. The van der Waals surface area contributed by atoms with E-state index in [1.165, 1.54) is 18.2 Å². The van der Waals surface area contributed by atoms with Crippen LogP contribution in [0.15, 0.2) is 57.7 Å². The van der Waals surface area contributed by atoms with Crippen LogP contribution in [-0.4, -0.2) is 29.5 Å². The number of phenols is 1. The summed E-state index contributed by atoms with van der Waals surface area (Å²) in [6.07, 6.45) is 0. The van der Waals surface area contributed by atoms with Crippen molar-refractivity contribution >= 4 is 22.6 Å². The number of phenolic OH excluding ortho intramolecular Hbond substituents is 1. The lowest BCUT2D eigenvalue weighted by Crippen LogP contribution is -2.30. The minimum atomic E-state index is -0.490. The second-order valence-corrected chi connectivity index (χ2v) is 6.36. The number of nitrogens with one attached hydrogen (secondary N) is 1. The number of likely N-dealkylation sites (N-methyl/N-ethyl adjacent to an activating group) is 1. The maximum atomic E-state index is 12.2. The number of carbonyl (C=O) groups excluding carboxylic acids is 1. The van der Waals surface area contributed by atoms with E-state index >= 15 is 0 Å². The first-order valence-electron chi connectivity index (χ1n) is 8.21. The molecule has 2 aromatic carbocycles.